The van der Waals surface area contributed by atoms with Crippen LogP contribution in [0.25, 0.3) is 21.6 Å². The number of hydrogen-bond acceptors (Lipinski definition) is 9. The summed E-state index contributed by atoms with van der Waals surface area (Å²) in [6.07, 6.45) is 2.82. The number of rotatable bonds is 9. The first-order chi connectivity index (χ1) is 16.7. The molecular formula is C24H28N6O3S. The third-order valence-electron chi connectivity index (χ3n) is 5.87. The number of methoxy groups -OCH3 is 1. The Bertz CT molecular complexity index is 1250. The van der Waals surface area contributed by atoms with Crippen molar-refractivity contribution in [2.75, 3.05) is 52.3 Å². The minimum atomic E-state index is 0.458. The molecule has 178 valence electrons. The Labute approximate surface area is 202 Å². The van der Waals surface area contributed by atoms with Crippen molar-refractivity contribution in [1.29, 1.82) is 0 Å². The monoisotopic (exact) mass is 480 g/mol. The minimum absolute atomic E-state index is 0.458. The van der Waals surface area contributed by atoms with Crippen molar-refractivity contribution in [3.63, 3.8) is 0 Å². The average molecular weight is 481 g/mol. The molecule has 2 aromatic heterocycles. The van der Waals surface area contributed by atoms with Gasteiger partial charge < -0.3 is 24.5 Å². The molecular weight excluding hydrogens is 452 g/mol. The standard InChI is InChI=1S/C24H28N6O3S/c1-31-22-13-17(3-6-21(22)33-10-2-7-29-8-11-32-12-9-29)15-30-16-26-19-14-18(4-5-20(19)30)23-27-28-24(25)34-23/h3-6,13-14,16H,2,7-12,15H2,1H3,(H2,25,28). The Morgan fingerprint density at radius 1 is 1.09 bits per heavy atom. The van der Waals surface area contributed by atoms with Crippen LogP contribution < -0.4 is 15.2 Å². The van der Waals surface area contributed by atoms with Gasteiger partial charge in [0.15, 0.2) is 11.5 Å². The van der Waals surface area contributed by atoms with Crippen LogP contribution in [-0.4, -0.2) is 71.2 Å². The van der Waals surface area contributed by atoms with E-state index in [0.29, 0.717) is 18.3 Å². The number of nitrogens with zero attached hydrogens (tertiary/aromatic N) is 5. The molecule has 1 fully saturated rings. The summed E-state index contributed by atoms with van der Waals surface area (Å²) in [5.74, 6) is 1.51. The molecule has 34 heavy (non-hydrogen) atoms. The lowest BCUT2D eigenvalue weighted by Gasteiger charge is -2.26. The van der Waals surface area contributed by atoms with Crippen LogP contribution in [0.3, 0.4) is 0 Å². The van der Waals surface area contributed by atoms with E-state index < -0.39 is 0 Å². The molecule has 10 heteroatoms. The smallest absolute Gasteiger partial charge is 0.203 e. The lowest BCUT2D eigenvalue weighted by Crippen LogP contribution is -2.37. The lowest BCUT2D eigenvalue weighted by atomic mass is 10.2. The first-order valence-corrected chi connectivity index (χ1v) is 12.2. The van der Waals surface area contributed by atoms with Crippen LogP contribution in [0.2, 0.25) is 0 Å². The van der Waals surface area contributed by atoms with Gasteiger partial charge in [0.1, 0.15) is 5.01 Å². The highest BCUT2D eigenvalue weighted by molar-refractivity contribution is 7.18. The zero-order valence-corrected chi connectivity index (χ0v) is 20.0. The summed E-state index contributed by atoms with van der Waals surface area (Å²) in [7, 11) is 1.67. The van der Waals surface area contributed by atoms with Crippen LogP contribution in [0.5, 0.6) is 11.5 Å². The first kappa shape index (κ1) is 22.6. The Hall–Kier alpha value is -3.21. The van der Waals surface area contributed by atoms with E-state index in [0.717, 1.165) is 77.9 Å². The van der Waals surface area contributed by atoms with E-state index in [1.807, 2.05) is 30.6 Å². The van der Waals surface area contributed by atoms with Crippen LogP contribution in [0.4, 0.5) is 5.13 Å². The fourth-order valence-corrected chi connectivity index (χ4v) is 4.70. The first-order valence-electron chi connectivity index (χ1n) is 11.3. The molecule has 2 N–H and O–H groups in total. The molecule has 9 nitrogen and oxygen atoms in total. The number of fused-ring (bicyclic) bond motifs is 1. The second kappa shape index (κ2) is 10.4. The molecule has 0 spiro atoms. The number of anilines is 1. The molecule has 5 rings (SSSR count). The molecule has 0 aliphatic carbocycles. The normalized spacial score (nSPS) is 14.5. The number of ether oxygens (including phenoxy) is 3. The highest BCUT2D eigenvalue weighted by Gasteiger charge is 2.12. The van der Waals surface area contributed by atoms with Gasteiger partial charge in [0.05, 0.1) is 44.3 Å². The molecule has 1 saturated heterocycles. The van der Waals surface area contributed by atoms with Gasteiger partial charge in [-0.05, 0) is 42.3 Å². The van der Waals surface area contributed by atoms with Crippen molar-refractivity contribution in [3.05, 3.63) is 48.3 Å². The molecule has 0 saturated carbocycles. The van der Waals surface area contributed by atoms with Crippen molar-refractivity contribution in [3.8, 4) is 22.1 Å². The van der Waals surface area contributed by atoms with E-state index in [2.05, 4.69) is 36.8 Å². The van der Waals surface area contributed by atoms with Crippen molar-refractivity contribution in [2.45, 2.75) is 13.0 Å². The minimum Gasteiger partial charge on any atom is -0.493 e. The van der Waals surface area contributed by atoms with Crippen molar-refractivity contribution in [1.82, 2.24) is 24.6 Å². The predicted molar refractivity (Wildman–Crippen MR) is 133 cm³/mol. The van der Waals surface area contributed by atoms with Crippen LogP contribution in [-0.2, 0) is 11.3 Å². The maximum Gasteiger partial charge on any atom is 0.203 e. The van der Waals surface area contributed by atoms with E-state index in [4.69, 9.17) is 19.9 Å². The Morgan fingerprint density at radius 3 is 2.76 bits per heavy atom. The maximum absolute atomic E-state index is 6.02. The molecule has 1 aliphatic heterocycles. The molecule has 0 bridgehead atoms. The van der Waals surface area contributed by atoms with Gasteiger partial charge in [-0.15, -0.1) is 10.2 Å². The summed E-state index contributed by atoms with van der Waals surface area (Å²) in [5, 5.41) is 9.26. The highest BCUT2D eigenvalue weighted by atomic mass is 32.1. The SMILES string of the molecule is COc1cc(Cn2cnc3cc(-c4nnc(N)s4)ccc32)ccc1OCCCN1CCOCC1. The number of morpholine rings is 1. The lowest BCUT2D eigenvalue weighted by molar-refractivity contribution is 0.0357. The molecule has 4 aromatic rings. The van der Waals surface area contributed by atoms with Crippen LogP contribution in [0.1, 0.15) is 12.0 Å². The van der Waals surface area contributed by atoms with E-state index >= 15 is 0 Å². The number of benzene rings is 2. The number of imidazole rings is 1. The van der Waals surface area contributed by atoms with Crippen molar-refractivity contribution in [2.24, 2.45) is 0 Å². The zero-order chi connectivity index (χ0) is 23.3. The fraction of sp³-hybridized carbons (Fsp3) is 0.375. The van der Waals surface area contributed by atoms with Gasteiger partial charge in [-0.25, -0.2) is 4.98 Å². The summed E-state index contributed by atoms with van der Waals surface area (Å²) in [4.78, 5) is 6.99. The van der Waals surface area contributed by atoms with Gasteiger partial charge >= 0.3 is 0 Å². The van der Waals surface area contributed by atoms with Crippen LogP contribution in [0, 0.1) is 0 Å². The van der Waals surface area contributed by atoms with Crippen LogP contribution >= 0.6 is 11.3 Å². The summed E-state index contributed by atoms with van der Waals surface area (Å²) in [5.41, 5.74) is 9.73. The van der Waals surface area contributed by atoms with Gasteiger partial charge in [0, 0.05) is 31.7 Å². The molecule has 0 unspecified atom stereocenters. The van der Waals surface area contributed by atoms with Gasteiger partial charge in [-0.3, -0.25) is 4.90 Å². The van der Waals surface area contributed by atoms with Crippen molar-refractivity contribution < 1.29 is 14.2 Å². The molecule has 1 aliphatic rings. The van der Waals surface area contributed by atoms with Gasteiger partial charge in [0.25, 0.3) is 0 Å². The summed E-state index contributed by atoms with van der Waals surface area (Å²) in [6.45, 7) is 5.99. The molecule has 0 amide bonds. The topological polar surface area (TPSA) is 101 Å². The number of aromatic nitrogens is 4. The fourth-order valence-electron chi connectivity index (χ4n) is 4.10. The van der Waals surface area contributed by atoms with E-state index in [9.17, 15) is 0 Å². The number of nitrogen functional groups attached to an aromatic ring is 1. The summed E-state index contributed by atoms with van der Waals surface area (Å²) in [6, 6.07) is 12.2. The number of nitrogens with two attached hydrogens (primary N) is 1. The average Bonchev–Trinajstić information content (AvgIpc) is 3.49. The molecule has 2 aromatic carbocycles. The zero-order valence-electron chi connectivity index (χ0n) is 19.1. The van der Waals surface area contributed by atoms with Crippen molar-refractivity contribution >= 4 is 27.5 Å². The van der Waals surface area contributed by atoms with E-state index in [1.54, 1.807) is 7.11 Å². The van der Waals surface area contributed by atoms with Gasteiger partial charge in [-0.2, -0.15) is 0 Å². The molecule has 3 heterocycles. The Morgan fingerprint density at radius 2 is 1.97 bits per heavy atom. The van der Waals surface area contributed by atoms with Crippen LogP contribution in [0.15, 0.2) is 42.7 Å². The predicted octanol–water partition coefficient (Wildman–Crippen LogP) is 3.30. The number of hydrogen-bond donors (Lipinski definition) is 1. The molecule has 0 atom stereocenters. The summed E-state index contributed by atoms with van der Waals surface area (Å²) < 4.78 is 19.1. The second-order valence-corrected chi connectivity index (χ2v) is 9.17. The molecule has 0 radical (unpaired) electrons. The second-order valence-electron chi connectivity index (χ2n) is 8.16. The van der Waals surface area contributed by atoms with Gasteiger partial charge in [0.2, 0.25) is 5.13 Å². The van der Waals surface area contributed by atoms with E-state index in [-0.39, 0.29) is 0 Å². The summed E-state index contributed by atoms with van der Waals surface area (Å²) >= 11 is 1.37. The highest BCUT2D eigenvalue weighted by Crippen LogP contribution is 2.30. The largest absolute Gasteiger partial charge is 0.493 e. The Kier molecular flexibility index (Phi) is 6.89. The van der Waals surface area contributed by atoms with Gasteiger partial charge in [-0.1, -0.05) is 17.4 Å². The van der Waals surface area contributed by atoms with E-state index in [1.165, 1.54) is 11.3 Å². The maximum atomic E-state index is 6.02. The third kappa shape index (κ3) is 5.14. The quantitative estimate of drug-likeness (QED) is 0.364. The third-order valence-corrected chi connectivity index (χ3v) is 6.67. The Balaban J connectivity index is 1.23.